The Balaban J connectivity index is 1.44. The van der Waals surface area contributed by atoms with Crippen molar-refractivity contribution in [2.75, 3.05) is 0 Å². The van der Waals surface area contributed by atoms with E-state index in [9.17, 15) is 17.0 Å². The van der Waals surface area contributed by atoms with Crippen molar-refractivity contribution in [3.05, 3.63) is 172 Å². The second-order valence-corrected chi connectivity index (χ2v) is 43.2. The average Bonchev–Trinajstić information content (AvgIpc) is 3.98. The molecule has 0 fully saturated rings. The summed E-state index contributed by atoms with van der Waals surface area (Å²) in [5.41, 5.74) is 18.6. The van der Waals surface area contributed by atoms with Crippen LogP contribution in [-0.2, 0) is 27.2 Å². The van der Waals surface area contributed by atoms with Crippen molar-refractivity contribution in [1.29, 1.82) is 0 Å². The predicted molar refractivity (Wildman–Crippen MR) is 273 cm³/mol. The van der Waals surface area contributed by atoms with Gasteiger partial charge in [-0.15, -0.1) is 0 Å². The number of allylic oxidation sites excluding steroid dienone is 2. The van der Waals surface area contributed by atoms with Crippen LogP contribution < -0.4 is 13.6 Å². The van der Waals surface area contributed by atoms with Gasteiger partial charge in [-0.1, -0.05) is 0 Å². The maximum absolute atomic E-state index is 9.58. The fourth-order valence-corrected chi connectivity index (χ4v) is 39.6. The number of fused-ring (bicyclic) bond motifs is 5. The van der Waals surface area contributed by atoms with E-state index in [0.29, 0.717) is 0 Å². The zero-order valence-electron chi connectivity index (χ0n) is 38.5. The summed E-state index contributed by atoms with van der Waals surface area (Å²) in [6, 6.07) is 48.2. The van der Waals surface area contributed by atoms with Crippen LogP contribution in [0.1, 0.15) is 123 Å². The van der Waals surface area contributed by atoms with E-state index in [0.717, 1.165) is 12.8 Å². The summed E-state index contributed by atoms with van der Waals surface area (Å²) in [5.74, 6) is 0.566. The molecule has 0 saturated heterocycles. The number of hydrogen-bond donors (Lipinski definition) is 0. The Morgan fingerprint density at radius 2 is 0.968 bits per heavy atom. The Hall–Kier alpha value is -3.52. The molecular weight excluding hydrogens is 887 g/mol. The molecule has 62 heavy (non-hydrogen) atoms. The molecule has 2 aliphatic carbocycles. The van der Waals surface area contributed by atoms with Gasteiger partial charge in [0.15, 0.2) is 0 Å². The summed E-state index contributed by atoms with van der Waals surface area (Å²) < 4.78 is 1.05. The van der Waals surface area contributed by atoms with Crippen LogP contribution in [-0.4, -0.2) is 9.52 Å². The summed E-state index contributed by atoms with van der Waals surface area (Å²) in [6.45, 7) is 23.7. The molecule has 1 aliphatic heterocycles. The summed E-state index contributed by atoms with van der Waals surface area (Å²) in [6.07, 6.45) is 7.19. The monoisotopic (exact) mass is 947 g/mol. The van der Waals surface area contributed by atoms with Gasteiger partial charge in [0.25, 0.3) is 0 Å². The molecule has 0 aromatic heterocycles. The van der Waals surface area contributed by atoms with E-state index in [1.165, 1.54) is 91.6 Å². The van der Waals surface area contributed by atoms with Gasteiger partial charge in [-0.3, -0.25) is 0 Å². The molecule has 0 bridgehead atoms. The third kappa shape index (κ3) is 6.84. The minimum absolute atomic E-state index is 0.0737. The Labute approximate surface area is 383 Å². The van der Waals surface area contributed by atoms with Crippen molar-refractivity contribution in [2.24, 2.45) is 11.8 Å². The van der Waals surface area contributed by atoms with Crippen LogP contribution in [0, 0.1) is 11.8 Å². The van der Waals surface area contributed by atoms with Crippen molar-refractivity contribution in [3.63, 3.8) is 0 Å². The number of rotatable bonds is 9. The van der Waals surface area contributed by atoms with E-state index < -0.39 is 25.9 Å². The third-order valence-corrected chi connectivity index (χ3v) is 37.6. The molecule has 3 aliphatic rings. The van der Waals surface area contributed by atoms with E-state index in [2.05, 4.69) is 209 Å². The first-order valence-corrected chi connectivity index (χ1v) is 35.0. The van der Waals surface area contributed by atoms with E-state index in [1.807, 2.05) is 0 Å². The second kappa shape index (κ2) is 15.9. The first-order chi connectivity index (χ1) is 29.5. The van der Waals surface area contributed by atoms with Gasteiger partial charge in [-0.25, -0.2) is 0 Å². The zero-order valence-corrected chi connectivity index (χ0v) is 43.8. The molecule has 0 spiro atoms. The Morgan fingerprint density at radius 3 is 1.42 bits per heavy atom. The molecule has 4 heteroatoms. The molecule has 4 unspecified atom stereocenters. The number of halogens is 2. The van der Waals surface area contributed by atoms with E-state index in [-0.39, 0.29) is 29.9 Å². The Bertz CT molecular complexity index is 2640. The fourth-order valence-electron chi connectivity index (χ4n) is 11.6. The van der Waals surface area contributed by atoms with Gasteiger partial charge < -0.3 is 0 Å². The van der Waals surface area contributed by atoms with Crippen LogP contribution in [0.2, 0.25) is 0 Å². The topological polar surface area (TPSA) is 0 Å². The van der Waals surface area contributed by atoms with Crippen molar-refractivity contribution >= 4 is 52.3 Å². The van der Waals surface area contributed by atoms with Crippen molar-refractivity contribution < 1.29 is 16.4 Å². The van der Waals surface area contributed by atoms with Crippen molar-refractivity contribution in [1.82, 2.24) is 0 Å². The second-order valence-electron chi connectivity index (χ2n) is 20.8. The molecule has 6 aromatic rings. The van der Waals surface area contributed by atoms with Gasteiger partial charge in [0, 0.05) is 0 Å². The van der Waals surface area contributed by atoms with Gasteiger partial charge in [0.2, 0.25) is 0 Å². The predicted octanol–water partition coefficient (Wildman–Crippen LogP) is 14.7. The average molecular weight is 950 g/mol. The van der Waals surface area contributed by atoms with E-state index in [1.54, 1.807) is 0 Å². The zero-order chi connectivity index (χ0) is 44.0. The third-order valence-electron chi connectivity index (χ3n) is 15.0. The molecule has 0 radical (unpaired) electrons. The molecule has 0 amide bonds. The molecule has 9 rings (SSSR count). The van der Waals surface area contributed by atoms with Crippen LogP contribution in [0.25, 0.3) is 45.5 Å². The van der Waals surface area contributed by atoms with Crippen LogP contribution in [0.5, 0.6) is 0 Å². The minimum atomic E-state index is -5.79. The van der Waals surface area contributed by atoms with Gasteiger partial charge >= 0.3 is 386 Å². The summed E-state index contributed by atoms with van der Waals surface area (Å²) in [7, 11) is 18.3. The fraction of sp³-hybridized carbons (Fsp3) is 0.310. The van der Waals surface area contributed by atoms with Crippen LogP contribution in [0.4, 0.5) is 0 Å². The normalized spacial score (nSPS) is 18.9. The molecular formula is C58H63Cl2SiZr. The number of hydrogen-bond acceptors (Lipinski definition) is 0. The first-order valence-electron chi connectivity index (χ1n) is 23.1. The van der Waals surface area contributed by atoms with Crippen molar-refractivity contribution in [3.8, 4) is 33.4 Å². The van der Waals surface area contributed by atoms with Gasteiger partial charge in [0.1, 0.15) is 0 Å². The Kier molecular flexibility index (Phi) is 11.2. The molecule has 0 N–H and O–H groups in total. The molecule has 317 valence electrons. The summed E-state index contributed by atoms with van der Waals surface area (Å²) in [4.78, 5) is 0. The van der Waals surface area contributed by atoms with Crippen LogP contribution >= 0.6 is 17.0 Å². The molecule has 4 atom stereocenters. The van der Waals surface area contributed by atoms with Crippen LogP contribution in [0.3, 0.4) is 0 Å². The molecule has 0 nitrogen and oxygen atoms in total. The maximum atomic E-state index is 9.58. The summed E-state index contributed by atoms with van der Waals surface area (Å²) >= 11 is -5.79. The van der Waals surface area contributed by atoms with E-state index in [4.69, 9.17) is 0 Å². The SMILES string of the molecule is CCC(C)C1=Cc2c(ccc(C(C)(C)C)c2-c2ccccc2)[CH]1[Zr]([Cl])([Cl])([c]1cccc2c1[SiH2]c1ccccc1-2)[CH]1C(C(C)CC)=Cc2c1ccc(C(C)(C)C)c2-c1ccccc1. The summed E-state index contributed by atoms with van der Waals surface area (Å²) in [5, 5.41) is 2.97. The molecule has 1 heterocycles. The van der Waals surface area contributed by atoms with E-state index >= 15 is 0 Å². The van der Waals surface area contributed by atoms with Gasteiger partial charge in [-0.05, 0) is 0 Å². The van der Waals surface area contributed by atoms with Crippen molar-refractivity contribution in [2.45, 2.75) is 100 Å². The standard InChI is InChI=1S/2C23H27.C12H9Si.2ClH.Zr/c2*1-6-16(2)19-14-18-12-13-21(23(3,4)5)22(20(18)15-19)17-10-8-7-9-11-17;1-3-7-11-9(5-1)10-6-2-4-8-12(10)13-11;;;/h2*7-16H,6H2,1-5H3;1-7H,13H2;2*1H;/q;;;;;+2/p-2. The Morgan fingerprint density at radius 1 is 0.532 bits per heavy atom. The quantitative estimate of drug-likeness (QED) is 0.127. The first kappa shape index (κ1) is 43.7. The van der Waals surface area contributed by atoms with Gasteiger partial charge in [0.05, 0.1) is 0 Å². The van der Waals surface area contributed by atoms with Gasteiger partial charge in [-0.2, -0.15) is 0 Å². The van der Waals surface area contributed by atoms with Crippen LogP contribution in [0.15, 0.2) is 139 Å². The number of benzene rings is 6. The molecule has 6 aromatic carbocycles. The molecule has 0 saturated carbocycles.